The van der Waals surface area contributed by atoms with Gasteiger partial charge in [0.15, 0.2) is 5.60 Å². The van der Waals surface area contributed by atoms with Crippen molar-refractivity contribution in [2.75, 3.05) is 14.2 Å². The van der Waals surface area contributed by atoms with E-state index in [1.54, 1.807) is 32.1 Å². The van der Waals surface area contributed by atoms with E-state index in [0.29, 0.717) is 12.0 Å². The molecule has 0 saturated carbocycles. The van der Waals surface area contributed by atoms with Gasteiger partial charge in [0.05, 0.1) is 32.7 Å². The summed E-state index contributed by atoms with van der Waals surface area (Å²) >= 11 is 0. The van der Waals surface area contributed by atoms with Crippen LogP contribution in [0.4, 0.5) is 0 Å². The molecule has 260 valence electrons. The van der Waals surface area contributed by atoms with Gasteiger partial charge in [-0.2, -0.15) is 0 Å². The first kappa shape index (κ1) is 40.6. The van der Waals surface area contributed by atoms with Crippen molar-refractivity contribution in [2.24, 2.45) is 5.92 Å². The standard InChI is InChI=1S/C36H57NO9/c1-6-7-8-9-10-11-12-13-14-15-16-17-18-19-20-30(36(43,26-32(39)44-4)35(42)46-27(2)3)33(40)37-31(34(41)45-5)25-28-21-23-29(38)24-22-28/h19-24,27,30-31,38,43H,6-18,25-26H2,1-5H3,(H,37,40)/b20-19+/t30-,31+,36-/m1/s1. The van der Waals surface area contributed by atoms with E-state index in [-0.39, 0.29) is 12.2 Å². The first-order valence-electron chi connectivity index (χ1n) is 16.8. The topological polar surface area (TPSA) is 148 Å². The van der Waals surface area contributed by atoms with Gasteiger partial charge in [-0.15, -0.1) is 0 Å². The molecule has 10 heteroatoms. The number of phenolic OH excluding ortho intramolecular Hbond substituents is 1. The molecule has 0 aliphatic heterocycles. The van der Waals surface area contributed by atoms with Gasteiger partial charge in [0, 0.05) is 6.42 Å². The SMILES string of the molecule is CCCCCCCCCCCCCC/C=C/[C@H](C(=O)N[C@@H](Cc1ccc(O)cc1)C(=O)OC)[C@](O)(CC(=O)OC)C(=O)OC(C)C. The summed E-state index contributed by atoms with van der Waals surface area (Å²) in [6.07, 6.45) is 16.6. The minimum atomic E-state index is -2.60. The number of ether oxygens (including phenoxy) is 3. The van der Waals surface area contributed by atoms with Crippen molar-refractivity contribution < 1.29 is 43.6 Å². The van der Waals surface area contributed by atoms with Gasteiger partial charge in [0.2, 0.25) is 5.91 Å². The highest BCUT2D eigenvalue weighted by molar-refractivity contribution is 5.95. The number of carbonyl (C=O) groups excluding carboxylic acids is 4. The highest BCUT2D eigenvalue weighted by atomic mass is 16.6. The van der Waals surface area contributed by atoms with Crippen LogP contribution in [0.1, 0.15) is 116 Å². The van der Waals surface area contributed by atoms with Crippen molar-refractivity contribution in [3.05, 3.63) is 42.0 Å². The summed E-state index contributed by atoms with van der Waals surface area (Å²) in [5.41, 5.74) is -1.98. The second kappa shape index (κ2) is 23.0. The van der Waals surface area contributed by atoms with Gasteiger partial charge in [0.1, 0.15) is 11.8 Å². The number of allylic oxidation sites excluding steroid dienone is 1. The Balaban J connectivity index is 3.01. The zero-order valence-electron chi connectivity index (χ0n) is 28.6. The number of carbonyl (C=O) groups is 4. The minimum Gasteiger partial charge on any atom is -0.508 e. The molecule has 0 unspecified atom stereocenters. The van der Waals surface area contributed by atoms with Crippen LogP contribution < -0.4 is 5.32 Å². The maximum Gasteiger partial charge on any atom is 0.340 e. The quantitative estimate of drug-likeness (QED) is 0.0524. The number of nitrogens with one attached hydrogen (secondary N) is 1. The molecule has 0 radical (unpaired) electrons. The second-order valence-corrected chi connectivity index (χ2v) is 12.2. The lowest BCUT2D eigenvalue weighted by Gasteiger charge is -2.32. The van der Waals surface area contributed by atoms with Crippen LogP contribution in [-0.2, 0) is 39.8 Å². The van der Waals surface area contributed by atoms with Crippen molar-refractivity contribution in [1.29, 1.82) is 0 Å². The predicted molar refractivity (Wildman–Crippen MR) is 177 cm³/mol. The lowest BCUT2D eigenvalue weighted by Crippen LogP contribution is -2.56. The molecule has 1 amide bonds. The number of benzene rings is 1. The van der Waals surface area contributed by atoms with E-state index in [1.807, 2.05) is 0 Å². The minimum absolute atomic E-state index is 0.0137. The van der Waals surface area contributed by atoms with Gasteiger partial charge in [0.25, 0.3) is 0 Å². The molecule has 0 aromatic heterocycles. The van der Waals surface area contributed by atoms with Gasteiger partial charge in [-0.1, -0.05) is 102 Å². The monoisotopic (exact) mass is 647 g/mol. The molecule has 1 rings (SSSR count). The van der Waals surface area contributed by atoms with Crippen LogP contribution in [0, 0.1) is 5.92 Å². The smallest absolute Gasteiger partial charge is 0.340 e. The molecule has 1 aromatic rings. The fraction of sp³-hybridized carbons (Fsp3) is 0.667. The summed E-state index contributed by atoms with van der Waals surface area (Å²) in [5.74, 6) is -5.23. The van der Waals surface area contributed by atoms with E-state index in [9.17, 15) is 29.4 Å². The number of unbranched alkanes of at least 4 members (excludes halogenated alkanes) is 12. The summed E-state index contributed by atoms with van der Waals surface area (Å²) < 4.78 is 14.9. The van der Waals surface area contributed by atoms with E-state index in [0.717, 1.165) is 26.4 Å². The number of esters is 3. The van der Waals surface area contributed by atoms with Crippen LogP contribution in [0.5, 0.6) is 5.75 Å². The normalized spacial score (nSPS) is 14.0. The van der Waals surface area contributed by atoms with Gasteiger partial charge in [-0.05, 0) is 44.4 Å². The van der Waals surface area contributed by atoms with E-state index >= 15 is 0 Å². The molecule has 0 fully saturated rings. The van der Waals surface area contributed by atoms with Crippen molar-refractivity contribution in [3.63, 3.8) is 0 Å². The Kier molecular flexibility index (Phi) is 20.3. The van der Waals surface area contributed by atoms with Crippen molar-refractivity contribution in [3.8, 4) is 5.75 Å². The molecular weight excluding hydrogens is 590 g/mol. The molecule has 0 spiro atoms. The zero-order chi connectivity index (χ0) is 34.4. The summed E-state index contributed by atoms with van der Waals surface area (Å²) in [4.78, 5) is 52.0. The Bertz CT molecular complexity index is 1070. The number of phenols is 1. The average Bonchev–Trinajstić information content (AvgIpc) is 3.02. The number of aliphatic hydroxyl groups is 1. The molecular formula is C36H57NO9. The highest BCUT2D eigenvalue weighted by Gasteiger charge is 2.50. The van der Waals surface area contributed by atoms with Crippen LogP contribution in [-0.4, -0.2) is 66.0 Å². The Hall–Kier alpha value is -3.40. The maximum absolute atomic E-state index is 13.8. The lowest BCUT2D eigenvalue weighted by molar-refractivity contribution is -0.181. The van der Waals surface area contributed by atoms with Crippen LogP contribution in [0.2, 0.25) is 0 Å². The Morgan fingerprint density at radius 2 is 1.39 bits per heavy atom. The molecule has 0 heterocycles. The summed E-state index contributed by atoms with van der Waals surface area (Å²) in [7, 11) is 2.29. The number of amides is 1. The van der Waals surface area contributed by atoms with Gasteiger partial charge < -0.3 is 29.7 Å². The number of aromatic hydroxyl groups is 1. The number of methoxy groups -OCH3 is 2. The van der Waals surface area contributed by atoms with Gasteiger partial charge in [-0.25, -0.2) is 9.59 Å². The average molecular weight is 648 g/mol. The molecule has 10 nitrogen and oxygen atoms in total. The lowest BCUT2D eigenvalue weighted by atomic mass is 9.82. The fourth-order valence-electron chi connectivity index (χ4n) is 5.18. The third-order valence-corrected chi connectivity index (χ3v) is 7.87. The number of rotatable bonds is 24. The third-order valence-electron chi connectivity index (χ3n) is 7.87. The molecule has 3 atom stereocenters. The second-order valence-electron chi connectivity index (χ2n) is 12.2. The summed E-state index contributed by atoms with van der Waals surface area (Å²) in [6, 6.07) is 4.90. The zero-order valence-corrected chi connectivity index (χ0v) is 28.6. The van der Waals surface area contributed by atoms with Gasteiger partial charge >= 0.3 is 17.9 Å². The molecule has 1 aromatic carbocycles. The fourth-order valence-corrected chi connectivity index (χ4v) is 5.18. The van der Waals surface area contributed by atoms with E-state index in [2.05, 4.69) is 12.2 Å². The van der Waals surface area contributed by atoms with E-state index in [4.69, 9.17) is 14.2 Å². The Labute approximate surface area is 275 Å². The first-order valence-corrected chi connectivity index (χ1v) is 16.8. The molecule has 46 heavy (non-hydrogen) atoms. The van der Waals surface area contributed by atoms with Crippen molar-refractivity contribution in [1.82, 2.24) is 5.32 Å². The van der Waals surface area contributed by atoms with Gasteiger partial charge in [-0.3, -0.25) is 9.59 Å². The van der Waals surface area contributed by atoms with E-state index < -0.39 is 53.9 Å². The number of hydrogen-bond donors (Lipinski definition) is 3. The maximum atomic E-state index is 13.8. The Morgan fingerprint density at radius 3 is 1.89 bits per heavy atom. The molecule has 0 bridgehead atoms. The summed E-state index contributed by atoms with van der Waals surface area (Å²) in [5, 5.41) is 23.9. The molecule has 0 aliphatic carbocycles. The highest BCUT2D eigenvalue weighted by Crippen LogP contribution is 2.28. The van der Waals surface area contributed by atoms with Crippen LogP contribution in [0.25, 0.3) is 0 Å². The molecule has 0 saturated heterocycles. The van der Waals surface area contributed by atoms with Crippen LogP contribution in [0.3, 0.4) is 0 Å². The van der Waals surface area contributed by atoms with Crippen molar-refractivity contribution >= 4 is 23.8 Å². The first-order chi connectivity index (χ1) is 22.0. The largest absolute Gasteiger partial charge is 0.508 e. The molecule has 0 aliphatic rings. The molecule has 3 N–H and O–H groups in total. The van der Waals surface area contributed by atoms with Crippen molar-refractivity contribution in [2.45, 2.75) is 135 Å². The number of hydrogen-bond acceptors (Lipinski definition) is 9. The summed E-state index contributed by atoms with van der Waals surface area (Å²) in [6.45, 7) is 5.39. The van der Waals surface area contributed by atoms with Crippen LogP contribution >= 0.6 is 0 Å². The predicted octanol–water partition coefficient (Wildman–Crippen LogP) is 6.10. The Morgan fingerprint density at radius 1 is 0.848 bits per heavy atom. The van der Waals surface area contributed by atoms with Crippen LogP contribution in [0.15, 0.2) is 36.4 Å². The van der Waals surface area contributed by atoms with E-state index in [1.165, 1.54) is 83.1 Å². The third kappa shape index (κ3) is 15.7.